The molecule has 2 heterocycles. The second-order valence-electron chi connectivity index (χ2n) is 4.97. The summed E-state index contributed by atoms with van der Waals surface area (Å²) in [6, 6.07) is 0.341. The molecule has 8 heteroatoms. The summed E-state index contributed by atoms with van der Waals surface area (Å²) in [5.41, 5.74) is 0. The van der Waals surface area contributed by atoms with Crippen LogP contribution in [0.1, 0.15) is 6.42 Å². The number of likely N-dealkylation sites (N-methyl/N-ethyl adjacent to an activating group) is 2. The van der Waals surface area contributed by atoms with Crippen LogP contribution >= 0.6 is 0 Å². The molecule has 8 nitrogen and oxygen atoms in total. The minimum Gasteiger partial charge on any atom is -0.380 e. The molecule has 0 aromatic carbocycles. The van der Waals surface area contributed by atoms with Gasteiger partial charge in [-0.05, 0) is 23.9 Å². The molecule has 2 rings (SSSR count). The highest BCUT2D eigenvalue weighted by atomic mass is 16.5. The Bertz CT molecular complexity index is 409. The van der Waals surface area contributed by atoms with E-state index in [0.717, 1.165) is 13.0 Å². The van der Waals surface area contributed by atoms with Gasteiger partial charge in [-0.3, -0.25) is 9.69 Å². The maximum atomic E-state index is 12.0. The lowest BCUT2D eigenvalue weighted by Crippen LogP contribution is -2.40. The molecule has 0 N–H and O–H groups in total. The molecule has 0 bridgehead atoms. The van der Waals surface area contributed by atoms with Crippen LogP contribution in [0.5, 0.6) is 0 Å². The van der Waals surface area contributed by atoms with Crippen molar-refractivity contribution in [3.05, 3.63) is 6.33 Å². The zero-order valence-electron chi connectivity index (χ0n) is 11.6. The van der Waals surface area contributed by atoms with Gasteiger partial charge in [0.1, 0.15) is 12.9 Å². The number of carbonyl (C=O) groups is 1. The molecule has 1 aliphatic heterocycles. The first-order valence-electron chi connectivity index (χ1n) is 6.28. The van der Waals surface area contributed by atoms with E-state index in [1.165, 1.54) is 11.0 Å². The number of rotatable bonds is 5. The fraction of sp³-hybridized carbons (Fsp3) is 0.818. The van der Waals surface area contributed by atoms with E-state index < -0.39 is 0 Å². The van der Waals surface area contributed by atoms with Crippen molar-refractivity contribution in [1.82, 2.24) is 30.0 Å². The highest BCUT2D eigenvalue weighted by Gasteiger charge is 2.30. The molecule has 0 unspecified atom stereocenters. The highest BCUT2D eigenvalue weighted by Crippen LogP contribution is 2.18. The van der Waals surface area contributed by atoms with E-state index >= 15 is 0 Å². The number of hydrogen-bond acceptors (Lipinski definition) is 6. The van der Waals surface area contributed by atoms with Crippen LogP contribution in [-0.4, -0.2) is 82.4 Å². The Morgan fingerprint density at radius 2 is 2.37 bits per heavy atom. The summed E-state index contributed by atoms with van der Waals surface area (Å²) < 4.78 is 6.79. The fourth-order valence-corrected chi connectivity index (χ4v) is 2.34. The van der Waals surface area contributed by atoms with Gasteiger partial charge in [0.2, 0.25) is 5.91 Å². The van der Waals surface area contributed by atoms with Crippen molar-refractivity contribution >= 4 is 5.91 Å². The van der Waals surface area contributed by atoms with E-state index in [2.05, 4.69) is 27.5 Å². The van der Waals surface area contributed by atoms with Crippen molar-refractivity contribution in [2.24, 2.45) is 0 Å². The standard InChI is InChI=1S/C11H20N6O2/c1-15-6-10(19-3)4-9(15)5-16(2)11(18)7-17-8-12-13-14-17/h8-10H,4-7H2,1-3H3/t9-,10-/m0/s1. The largest absolute Gasteiger partial charge is 0.380 e. The van der Waals surface area contributed by atoms with Crippen molar-refractivity contribution in [2.75, 3.05) is 34.3 Å². The van der Waals surface area contributed by atoms with Crippen molar-refractivity contribution < 1.29 is 9.53 Å². The smallest absolute Gasteiger partial charge is 0.244 e. The molecule has 1 amide bonds. The van der Waals surface area contributed by atoms with E-state index in [1.54, 1.807) is 19.1 Å². The second kappa shape index (κ2) is 6.07. The van der Waals surface area contributed by atoms with Gasteiger partial charge in [0, 0.05) is 33.3 Å². The molecule has 0 aliphatic carbocycles. The molecular weight excluding hydrogens is 248 g/mol. The summed E-state index contributed by atoms with van der Waals surface area (Å²) in [7, 11) is 5.59. The number of carbonyl (C=O) groups excluding carboxylic acids is 1. The summed E-state index contributed by atoms with van der Waals surface area (Å²) in [5.74, 6) is 0.00145. The summed E-state index contributed by atoms with van der Waals surface area (Å²) in [4.78, 5) is 16.0. The molecule has 1 aromatic rings. The fourth-order valence-electron chi connectivity index (χ4n) is 2.34. The Morgan fingerprint density at radius 3 is 2.95 bits per heavy atom. The topological polar surface area (TPSA) is 76.4 Å². The van der Waals surface area contributed by atoms with Crippen LogP contribution in [0.2, 0.25) is 0 Å². The van der Waals surface area contributed by atoms with Gasteiger partial charge in [-0.25, -0.2) is 4.68 Å². The molecule has 0 radical (unpaired) electrons. The quantitative estimate of drug-likeness (QED) is 0.671. The third kappa shape index (κ3) is 3.48. The van der Waals surface area contributed by atoms with Gasteiger partial charge >= 0.3 is 0 Å². The van der Waals surface area contributed by atoms with Gasteiger partial charge in [0.25, 0.3) is 0 Å². The van der Waals surface area contributed by atoms with Gasteiger partial charge in [0.15, 0.2) is 0 Å². The minimum absolute atomic E-state index is 0.00145. The van der Waals surface area contributed by atoms with Crippen LogP contribution in [0, 0.1) is 0 Å². The highest BCUT2D eigenvalue weighted by molar-refractivity contribution is 5.75. The molecule has 0 saturated carbocycles. The van der Waals surface area contributed by atoms with Gasteiger partial charge in [0.05, 0.1) is 6.10 Å². The molecule has 19 heavy (non-hydrogen) atoms. The van der Waals surface area contributed by atoms with Gasteiger partial charge in [-0.2, -0.15) is 0 Å². The normalized spacial score (nSPS) is 23.7. The maximum absolute atomic E-state index is 12.0. The molecule has 106 valence electrons. The van der Waals surface area contributed by atoms with Crippen LogP contribution < -0.4 is 0 Å². The van der Waals surface area contributed by atoms with Crippen molar-refractivity contribution in [1.29, 1.82) is 0 Å². The summed E-state index contributed by atoms with van der Waals surface area (Å²) in [6.07, 6.45) is 2.65. The average molecular weight is 268 g/mol. The first-order chi connectivity index (χ1) is 9.10. The number of tetrazole rings is 1. The van der Waals surface area contributed by atoms with Gasteiger partial charge in [-0.15, -0.1) is 5.10 Å². The molecule has 1 fully saturated rings. The van der Waals surface area contributed by atoms with Gasteiger partial charge < -0.3 is 9.64 Å². The summed E-state index contributed by atoms with van der Waals surface area (Å²) in [5, 5.41) is 10.7. The van der Waals surface area contributed by atoms with E-state index in [1.807, 2.05) is 0 Å². The lowest BCUT2D eigenvalue weighted by Gasteiger charge is -2.25. The SMILES string of the molecule is CO[C@H]1C[C@@H](CN(C)C(=O)Cn2cnnn2)N(C)C1. The van der Waals surface area contributed by atoms with E-state index in [4.69, 9.17) is 4.74 Å². The summed E-state index contributed by atoms with van der Waals surface area (Å²) >= 11 is 0. The van der Waals surface area contributed by atoms with E-state index in [9.17, 15) is 4.79 Å². The number of amides is 1. The molecule has 0 spiro atoms. The van der Waals surface area contributed by atoms with Crippen molar-refractivity contribution in [3.63, 3.8) is 0 Å². The number of methoxy groups -OCH3 is 1. The van der Waals surface area contributed by atoms with Crippen LogP contribution in [0.15, 0.2) is 6.33 Å². The zero-order valence-corrected chi connectivity index (χ0v) is 11.6. The number of nitrogens with zero attached hydrogens (tertiary/aromatic N) is 6. The number of ether oxygens (including phenoxy) is 1. The van der Waals surface area contributed by atoms with Crippen LogP contribution in [0.25, 0.3) is 0 Å². The van der Waals surface area contributed by atoms with Crippen LogP contribution in [0.4, 0.5) is 0 Å². The number of aromatic nitrogens is 4. The van der Waals surface area contributed by atoms with Gasteiger partial charge in [-0.1, -0.05) is 0 Å². The Hall–Kier alpha value is -1.54. The Balaban J connectivity index is 1.83. The third-order valence-corrected chi connectivity index (χ3v) is 3.58. The minimum atomic E-state index is 0.00145. The predicted molar refractivity (Wildman–Crippen MR) is 67.3 cm³/mol. The molecular formula is C11H20N6O2. The Labute approximate surface area is 112 Å². The molecule has 1 aliphatic rings. The Morgan fingerprint density at radius 1 is 1.58 bits per heavy atom. The van der Waals surface area contributed by atoms with E-state index in [-0.39, 0.29) is 18.6 Å². The maximum Gasteiger partial charge on any atom is 0.244 e. The average Bonchev–Trinajstić information content (AvgIpc) is 3.00. The lowest BCUT2D eigenvalue weighted by molar-refractivity contribution is -0.131. The van der Waals surface area contributed by atoms with E-state index in [0.29, 0.717) is 12.6 Å². The first kappa shape index (κ1) is 13.9. The molecule has 2 atom stereocenters. The number of likely N-dealkylation sites (tertiary alicyclic amines) is 1. The molecule has 1 saturated heterocycles. The third-order valence-electron chi connectivity index (χ3n) is 3.58. The molecule has 1 aromatic heterocycles. The Kier molecular flexibility index (Phi) is 4.43. The van der Waals surface area contributed by atoms with Crippen LogP contribution in [-0.2, 0) is 16.1 Å². The lowest BCUT2D eigenvalue weighted by atomic mass is 10.2. The monoisotopic (exact) mass is 268 g/mol. The van der Waals surface area contributed by atoms with Crippen LogP contribution in [0.3, 0.4) is 0 Å². The van der Waals surface area contributed by atoms with Crippen molar-refractivity contribution in [2.45, 2.75) is 25.1 Å². The zero-order chi connectivity index (χ0) is 13.8. The number of hydrogen-bond donors (Lipinski definition) is 0. The first-order valence-corrected chi connectivity index (χ1v) is 6.28. The predicted octanol–water partition coefficient (Wildman–Crippen LogP) is -1.15. The van der Waals surface area contributed by atoms with Crippen molar-refractivity contribution in [3.8, 4) is 0 Å². The second-order valence-corrected chi connectivity index (χ2v) is 4.97. The summed E-state index contributed by atoms with van der Waals surface area (Å²) in [6.45, 7) is 1.78.